The third kappa shape index (κ3) is 5.14. The Hall–Kier alpha value is -3.12. The maximum atomic E-state index is 2.37. The van der Waals surface area contributed by atoms with Crippen LogP contribution in [-0.4, -0.2) is 0 Å². The fraction of sp³-hybridized carbons (Fsp3) is 0.226. The fourth-order valence-corrected chi connectivity index (χ4v) is 4.46. The Labute approximate surface area is 187 Å². The van der Waals surface area contributed by atoms with Crippen LogP contribution in [-0.2, 0) is 19.3 Å². The maximum absolute atomic E-state index is 2.37. The quantitative estimate of drug-likeness (QED) is 0.309. The van der Waals surface area contributed by atoms with E-state index in [1.807, 2.05) is 0 Å². The molecule has 4 aromatic carbocycles. The molecular formula is C31H32. The summed E-state index contributed by atoms with van der Waals surface area (Å²) in [6.07, 6.45) is 2.98. The Morgan fingerprint density at radius 1 is 0.452 bits per heavy atom. The van der Waals surface area contributed by atoms with Crippen molar-refractivity contribution in [1.29, 1.82) is 0 Å². The van der Waals surface area contributed by atoms with Gasteiger partial charge in [0.25, 0.3) is 0 Å². The van der Waals surface area contributed by atoms with Crippen molar-refractivity contribution < 1.29 is 0 Å². The normalized spacial score (nSPS) is 11.0. The van der Waals surface area contributed by atoms with Crippen LogP contribution in [0.25, 0.3) is 0 Å². The second kappa shape index (κ2) is 9.35. The molecule has 0 fully saturated rings. The first kappa shape index (κ1) is 21.1. The first-order valence-electron chi connectivity index (χ1n) is 11.3. The monoisotopic (exact) mass is 404 g/mol. The standard InChI is InChI=1S/C31H32/c1-22-9-7-11-26(17-22)19-27-15-16-29(24(3)18-27)21-31-14-8-13-30(25(31)4)20-28-12-6-5-10-23(28)2/h5-18H,19-21H2,1-4H3. The van der Waals surface area contributed by atoms with Crippen molar-refractivity contribution in [3.05, 3.63) is 141 Å². The zero-order chi connectivity index (χ0) is 21.8. The van der Waals surface area contributed by atoms with Gasteiger partial charge in [0.2, 0.25) is 0 Å². The maximum Gasteiger partial charge on any atom is -0.00204 e. The Morgan fingerprint density at radius 2 is 1.06 bits per heavy atom. The second-order valence-electron chi connectivity index (χ2n) is 8.91. The molecular weight excluding hydrogens is 372 g/mol. The van der Waals surface area contributed by atoms with Gasteiger partial charge in [0.05, 0.1) is 0 Å². The summed E-state index contributed by atoms with van der Waals surface area (Å²) in [5.41, 5.74) is 14.0. The molecule has 0 saturated heterocycles. The van der Waals surface area contributed by atoms with Gasteiger partial charge in [-0.2, -0.15) is 0 Å². The molecule has 4 rings (SSSR count). The summed E-state index contributed by atoms with van der Waals surface area (Å²) in [6, 6.07) is 31.3. The highest BCUT2D eigenvalue weighted by atomic mass is 14.1. The molecule has 0 heteroatoms. The summed E-state index contributed by atoms with van der Waals surface area (Å²) >= 11 is 0. The lowest BCUT2D eigenvalue weighted by Gasteiger charge is -2.15. The molecule has 31 heavy (non-hydrogen) atoms. The Bertz CT molecular complexity index is 1200. The summed E-state index contributed by atoms with van der Waals surface area (Å²) in [7, 11) is 0. The van der Waals surface area contributed by atoms with E-state index in [9.17, 15) is 0 Å². The number of aryl methyl sites for hydroxylation is 3. The van der Waals surface area contributed by atoms with E-state index < -0.39 is 0 Å². The van der Waals surface area contributed by atoms with Gasteiger partial charge in [0.1, 0.15) is 0 Å². The molecule has 0 atom stereocenters. The zero-order valence-corrected chi connectivity index (χ0v) is 19.2. The minimum absolute atomic E-state index is 0.990. The molecule has 0 spiro atoms. The average molecular weight is 405 g/mol. The van der Waals surface area contributed by atoms with Crippen molar-refractivity contribution in [1.82, 2.24) is 0 Å². The van der Waals surface area contributed by atoms with Crippen LogP contribution in [0.2, 0.25) is 0 Å². The van der Waals surface area contributed by atoms with Crippen molar-refractivity contribution >= 4 is 0 Å². The van der Waals surface area contributed by atoms with Gasteiger partial charge >= 0.3 is 0 Å². The van der Waals surface area contributed by atoms with Gasteiger partial charge in [-0.05, 0) is 97.0 Å². The van der Waals surface area contributed by atoms with E-state index in [0.717, 1.165) is 19.3 Å². The number of rotatable bonds is 6. The highest BCUT2D eigenvalue weighted by molar-refractivity contribution is 5.43. The molecule has 156 valence electrons. The summed E-state index contributed by atoms with van der Waals surface area (Å²) < 4.78 is 0. The first-order valence-corrected chi connectivity index (χ1v) is 11.3. The van der Waals surface area contributed by atoms with Crippen LogP contribution < -0.4 is 0 Å². The van der Waals surface area contributed by atoms with Gasteiger partial charge in [-0.25, -0.2) is 0 Å². The zero-order valence-electron chi connectivity index (χ0n) is 19.2. The van der Waals surface area contributed by atoms with Crippen LogP contribution in [0.4, 0.5) is 0 Å². The van der Waals surface area contributed by atoms with E-state index in [-0.39, 0.29) is 0 Å². The minimum Gasteiger partial charge on any atom is -0.0620 e. The van der Waals surface area contributed by atoms with Gasteiger partial charge in [-0.3, -0.25) is 0 Å². The third-order valence-electron chi connectivity index (χ3n) is 6.48. The van der Waals surface area contributed by atoms with E-state index in [2.05, 4.69) is 113 Å². The molecule has 0 saturated carbocycles. The Balaban J connectivity index is 1.53. The molecule has 0 aliphatic heterocycles. The van der Waals surface area contributed by atoms with Crippen LogP contribution in [0.5, 0.6) is 0 Å². The summed E-state index contributed by atoms with van der Waals surface area (Å²) in [6.45, 7) is 8.90. The van der Waals surface area contributed by atoms with E-state index in [1.54, 1.807) is 0 Å². The van der Waals surface area contributed by atoms with Crippen LogP contribution in [0.15, 0.2) is 84.9 Å². The molecule has 0 N–H and O–H groups in total. The summed E-state index contributed by atoms with van der Waals surface area (Å²) in [5.74, 6) is 0. The second-order valence-corrected chi connectivity index (χ2v) is 8.91. The van der Waals surface area contributed by atoms with Gasteiger partial charge in [0, 0.05) is 0 Å². The topological polar surface area (TPSA) is 0 Å². The number of hydrogen-bond donors (Lipinski definition) is 0. The molecule has 0 aliphatic carbocycles. The van der Waals surface area contributed by atoms with Crippen molar-refractivity contribution in [2.75, 3.05) is 0 Å². The molecule has 0 heterocycles. The highest BCUT2D eigenvalue weighted by Crippen LogP contribution is 2.24. The molecule has 0 aliphatic rings. The minimum atomic E-state index is 0.990. The third-order valence-corrected chi connectivity index (χ3v) is 6.48. The largest absolute Gasteiger partial charge is 0.0620 e. The van der Waals surface area contributed by atoms with E-state index in [0.29, 0.717) is 0 Å². The van der Waals surface area contributed by atoms with Gasteiger partial charge in [-0.15, -0.1) is 0 Å². The van der Waals surface area contributed by atoms with E-state index >= 15 is 0 Å². The lowest BCUT2D eigenvalue weighted by atomic mass is 9.90. The molecule has 0 nitrogen and oxygen atoms in total. The average Bonchev–Trinajstić information content (AvgIpc) is 2.74. The van der Waals surface area contributed by atoms with Crippen LogP contribution in [0.1, 0.15) is 55.6 Å². The van der Waals surface area contributed by atoms with E-state index in [1.165, 1.54) is 55.6 Å². The van der Waals surface area contributed by atoms with Crippen molar-refractivity contribution in [3.8, 4) is 0 Å². The molecule has 0 amide bonds. The fourth-order valence-electron chi connectivity index (χ4n) is 4.46. The lowest BCUT2D eigenvalue weighted by molar-refractivity contribution is 1.06. The van der Waals surface area contributed by atoms with Crippen LogP contribution >= 0.6 is 0 Å². The molecule has 0 radical (unpaired) electrons. The van der Waals surface area contributed by atoms with E-state index in [4.69, 9.17) is 0 Å². The molecule has 0 bridgehead atoms. The lowest BCUT2D eigenvalue weighted by Crippen LogP contribution is -2.01. The van der Waals surface area contributed by atoms with Crippen molar-refractivity contribution in [2.24, 2.45) is 0 Å². The summed E-state index contributed by atoms with van der Waals surface area (Å²) in [4.78, 5) is 0. The highest BCUT2D eigenvalue weighted by Gasteiger charge is 2.09. The van der Waals surface area contributed by atoms with Crippen LogP contribution in [0.3, 0.4) is 0 Å². The molecule has 4 aromatic rings. The Morgan fingerprint density at radius 3 is 1.74 bits per heavy atom. The Kier molecular flexibility index (Phi) is 6.37. The van der Waals surface area contributed by atoms with Gasteiger partial charge in [0.15, 0.2) is 0 Å². The summed E-state index contributed by atoms with van der Waals surface area (Å²) in [5, 5.41) is 0. The number of hydrogen-bond acceptors (Lipinski definition) is 0. The van der Waals surface area contributed by atoms with Gasteiger partial charge in [-0.1, -0.05) is 90.5 Å². The van der Waals surface area contributed by atoms with Crippen LogP contribution in [0, 0.1) is 27.7 Å². The number of benzene rings is 4. The van der Waals surface area contributed by atoms with Crippen molar-refractivity contribution in [3.63, 3.8) is 0 Å². The molecule has 0 unspecified atom stereocenters. The predicted molar refractivity (Wildman–Crippen MR) is 133 cm³/mol. The SMILES string of the molecule is Cc1cccc(Cc2ccc(Cc3cccc(Cc4ccccc4C)c3C)c(C)c2)c1. The smallest absolute Gasteiger partial charge is 0.00204 e. The molecule has 0 aromatic heterocycles. The predicted octanol–water partition coefficient (Wildman–Crippen LogP) is 7.69. The first-order chi connectivity index (χ1) is 15.0. The van der Waals surface area contributed by atoms with Crippen molar-refractivity contribution in [2.45, 2.75) is 47.0 Å². The van der Waals surface area contributed by atoms with Gasteiger partial charge < -0.3 is 0 Å².